The standard InChI is InChI=1S/C17H26N2O2/c1-2-3-4-5-6-9-14(17(20)21)15-11-10-13-8-7-12-18-16(13)19-15/h10-11,14H,2-9,12H2,1H3,(H,18,19)(H,20,21). The molecule has 1 aliphatic heterocycles. The first-order valence-corrected chi connectivity index (χ1v) is 8.19. The van der Waals surface area contributed by atoms with Crippen LogP contribution in [0.2, 0.25) is 0 Å². The minimum atomic E-state index is -0.756. The van der Waals surface area contributed by atoms with Crippen LogP contribution in [-0.4, -0.2) is 22.6 Å². The molecule has 1 aromatic rings. The number of aromatic nitrogens is 1. The summed E-state index contributed by atoms with van der Waals surface area (Å²) in [5.74, 6) is -0.342. The Hall–Kier alpha value is -1.58. The number of aryl methyl sites for hydroxylation is 1. The second-order valence-electron chi connectivity index (χ2n) is 5.87. The summed E-state index contributed by atoms with van der Waals surface area (Å²) in [7, 11) is 0. The number of nitrogens with one attached hydrogen (secondary N) is 1. The van der Waals surface area contributed by atoms with Gasteiger partial charge in [0.05, 0.1) is 11.6 Å². The van der Waals surface area contributed by atoms with Crippen LogP contribution >= 0.6 is 0 Å². The van der Waals surface area contributed by atoms with Gasteiger partial charge in [-0.3, -0.25) is 4.79 Å². The van der Waals surface area contributed by atoms with Crippen LogP contribution in [0.4, 0.5) is 5.82 Å². The van der Waals surface area contributed by atoms with Crippen molar-refractivity contribution in [1.82, 2.24) is 4.98 Å². The highest BCUT2D eigenvalue weighted by Gasteiger charge is 2.22. The number of fused-ring (bicyclic) bond motifs is 1. The number of carboxylic acid groups (broad SMARTS) is 1. The predicted molar refractivity (Wildman–Crippen MR) is 84.8 cm³/mol. The number of hydrogen-bond acceptors (Lipinski definition) is 3. The number of anilines is 1. The van der Waals surface area contributed by atoms with Crippen molar-refractivity contribution in [3.8, 4) is 0 Å². The van der Waals surface area contributed by atoms with Crippen molar-refractivity contribution in [2.75, 3.05) is 11.9 Å². The molecule has 2 heterocycles. The minimum absolute atomic E-state index is 0.472. The Morgan fingerprint density at radius 1 is 1.33 bits per heavy atom. The first-order chi connectivity index (χ1) is 10.2. The molecule has 0 saturated heterocycles. The molecule has 4 nitrogen and oxygen atoms in total. The fourth-order valence-electron chi connectivity index (χ4n) is 2.89. The van der Waals surface area contributed by atoms with E-state index in [1.807, 2.05) is 12.1 Å². The molecule has 1 aliphatic rings. The summed E-state index contributed by atoms with van der Waals surface area (Å²) in [5, 5.41) is 12.7. The number of hydrogen-bond donors (Lipinski definition) is 2. The molecule has 0 spiro atoms. The molecule has 2 rings (SSSR count). The quantitative estimate of drug-likeness (QED) is 0.711. The molecule has 116 valence electrons. The molecule has 1 unspecified atom stereocenters. The molecule has 0 amide bonds. The summed E-state index contributed by atoms with van der Waals surface area (Å²) in [6, 6.07) is 3.94. The molecule has 1 atom stereocenters. The Bertz CT molecular complexity index is 474. The van der Waals surface area contributed by atoms with Crippen LogP contribution in [0.15, 0.2) is 12.1 Å². The van der Waals surface area contributed by atoms with Crippen LogP contribution in [0.1, 0.15) is 69.0 Å². The number of aliphatic carboxylic acids is 1. The van der Waals surface area contributed by atoms with Crippen LogP contribution in [-0.2, 0) is 11.2 Å². The Labute approximate surface area is 127 Å². The molecule has 21 heavy (non-hydrogen) atoms. The Balaban J connectivity index is 1.99. The van der Waals surface area contributed by atoms with E-state index in [0.29, 0.717) is 12.1 Å². The van der Waals surface area contributed by atoms with Crippen molar-refractivity contribution in [2.24, 2.45) is 0 Å². The van der Waals surface area contributed by atoms with E-state index in [1.165, 1.54) is 24.8 Å². The second kappa shape index (κ2) is 8.01. The SMILES string of the molecule is CCCCCCCC(C(=O)O)c1ccc2c(n1)NCCC2. The van der Waals surface area contributed by atoms with Crippen molar-refractivity contribution in [3.63, 3.8) is 0 Å². The highest BCUT2D eigenvalue weighted by atomic mass is 16.4. The van der Waals surface area contributed by atoms with Gasteiger partial charge in [0.25, 0.3) is 0 Å². The van der Waals surface area contributed by atoms with Crippen LogP contribution in [0.3, 0.4) is 0 Å². The maximum absolute atomic E-state index is 11.5. The van der Waals surface area contributed by atoms with Crippen LogP contribution in [0.5, 0.6) is 0 Å². The largest absolute Gasteiger partial charge is 0.481 e. The average Bonchev–Trinajstić information content (AvgIpc) is 2.50. The molecule has 1 aromatic heterocycles. The van der Waals surface area contributed by atoms with Gasteiger partial charge in [0.2, 0.25) is 0 Å². The molecule has 0 bridgehead atoms. The fraction of sp³-hybridized carbons (Fsp3) is 0.647. The third-order valence-corrected chi connectivity index (χ3v) is 4.17. The molecule has 0 fully saturated rings. The zero-order valence-corrected chi connectivity index (χ0v) is 12.9. The zero-order chi connectivity index (χ0) is 15.1. The predicted octanol–water partition coefficient (Wildman–Crippen LogP) is 3.97. The van der Waals surface area contributed by atoms with E-state index in [4.69, 9.17) is 0 Å². The summed E-state index contributed by atoms with van der Waals surface area (Å²) in [5.41, 5.74) is 1.91. The molecule has 0 radical (unpaired) electrons. The second-order valence-corrected chi connectivity index (χ2v) is 5.87. The van der Waals surface area contributed by atoms with Gasteiger partial charge in [0.1, 0.15) is 5.82 Å². The van der Waals surface area contributed by atoms with Gasteiger partial charge in [0, 0.05) is 6.54 Å². The van der Waals surface area contributed by atoms with Crippen molar-refractivity contribution < 1.29 is 9.90 Å². The summed E-state index contributed by atoms with van der Waals surface area (Å²) in [6.07, 6.45) is 8.55. The molecule has 4 heteroatoms. The van der Waals surface area contributed by atoms with Crippen molar-refractivity contribution in [1.29, 1.82) is 0 Å². The van der Waals surface area contributed by atoms with Crippen LogP contribution in [0, 0.1) is 0 Å². The first-order valence-electron chi connectivity index (χ1n) is 8.19. The molecule has 0 saturated carbocycles. The van der Waals surface area contributed by atoms with Crippen LogP contribution in [0.25, 0.3) is 0 Å². The number of carboxylic acids is 1. The van der Waals surface area contributed by atoms with Gasteiger partial charge in [-0.25, -0.2) is 4.98 Å². The van der Waals surface area contributed by atoms with E-state index in [2.05, 4.69) is 17.2 Å². The van der Waals surface area contributed by atoms with Gasteiger partial charge in [-0.2, -0.15) is 0 Å². The van der Waals surface area contributed by atoms with E-state index >= 15 is 0 Å². The third-order valence-electron chi connectivity index (χ3n) is 4.17. The third kappa shape index (κ3) is 4.45. The lowest BCUT2D eigenvalue weighted by molar-refractivity contribution is -0.139. The maximum atomic E-state index is 11.5. The van der Waals surface area contributed by atoms with Crippen molar-refractivity contribution in [3.05, 3.63) is 23.4 Å². The van der Waals surface area contributed by atoms with E-state index in [0.717, 1.165) is 38.0 Å². The van der Waals surface area contributed by atoms with Gasteiger partial charge in [-0.1, -0.05) is 45.1 Å². The van der Waals surface area contributed by atoms with E-state index in [9.17, 15) is 9.90 Å². The van der Waals surface area contributed by atoms with E-state index in [-0.39, 0.29) is 0 Å². The Morgan fingerprint density at radius 2 is 2.14 bits per heavy atom. The van der Waals surface area contributed by atoms with Gasteiger partial charge >= 0.3 is 5.97 Å². The topological polar surface area (TPSA) is 62.2 Å². The van der Waals surface area contributed by atoms with Crippen molar-refractivity contribution >= 4 is 11.8 Å². The summed E-state index contributed by atoms with van der Waals surface area (Å²) in [6.45, 7) is 3.11. The average molecular weight is 290 g/mol. The van der Waals surface area contributed by atoms with E-state index < -0.39 is 11.9 Å². The normalized spacial score (nSPS) is 15.1. The highest BCUT2D eigenvalue weighted by Crippen LogP contribution is 2.26. The molecule has 0 aromatic carbocycles. The number of rotatable bonds is 8. The maximum Gasteiger partial charge on any atom is 0.312 e. The Morgan fingerprint density at radius 3 is 2.90 bits per heavy atom. The number of nitrogens with zero attached hydrogens (tertiary/aromatic N) is 1. The molecule has 0 aliphatic carbocycles. The first kappa shape index (κ1) is 15.8. The smallest absolute Gasteiger partial charge is 0.312 e. The highest BCUT2D eigenvalue weighted by molar-refractivity contribution is 5.75. The zero-order valence-electron chi connectivity index (χ0n) is 12.9. The lowest BCUT2D eigenvalue weighted by Crippen LogP contribution is -2.18. The van der Waals surface area contributed by atoms with Crippen LogP contribution < -0.4 is 5.32 Å². The van der Waals surface area contributed by atoms with E-state index in [1.54, 1.807) is 0 Å². The van der Waals surface area contributed by atoms with Gasteiger partial charge in [-0.15, -0.1) is 0 Å². The summed E-state index contributed by atoms with van der Waals surface area (Å²) >= 11 is 0. The minimum Gasteiger partial charge on any atom is -0.481 e. The number of carbonyl (C=O) groups is 1. The molecular formula is C17H26N2O2. The lowest BCUT2D eigenvalue weighted by atomic mass is 9.95. The number of pyridine rings is 1. The molecule has 2 N–H and O–H groups in total. The van der Waals surface area contributed by atoms with Gasteiger partial charge < -0.3 is 10.4 Å². The Kier molecular flexibility index (Phi) is 6.03. The van der Waals surface area contributed by atoms with Gasteiger partial charge in [0.15, 0.2) is 0 Å². The summed E-state index contributed by atoms with van der Waals surface area (Å²) in [4.78, 5) is 16.1. The summed E-state index contributed by atoms with van der Waals surface area (Å²) < 4.78 is 0. The number of unbranched alkanes of at least 4 members (excludes halogenated alkanes) is 4. The monoisotopic (exact) mass is 290 g/mol. The molecular weight excluding hydrogens is 264 g/mol. The lowest BCUT2D eigenvalue weighted by Gasteiger charge is -2.19. The van der Waals surface area contributed by atoms with Gasteiger partial charge in [-0.05, 0) is 30.9 Å². The van der Waals surface area contributed by atoms with Crippen molar-refractivity contribution in [2.45, 2.75) is 64.2 Å². The fourth-order valence-corrected chi connectivity index (χ4v) is 2.89.